The summed E-state index contributed by atoms with van der Waals surface area (Å²) in [5.74, 6) is 7.43. The molecule has 4 atom stereocenters. The number of piperidine rings is 2. The second-order valence-corrected chi connectivity index (χ2v) is 59.8. The zero-order valence-corrected chi connectivity index (χ0v) is 91.4. The summed E-state index contributed by atoms with van der Waals surface area (Å²) in [6.07, 6.45) is 30.0. The van der Waals surface area contributed by atoms with Gasteiger partial charge in [-0.3, -0.25) is 19.6 Å². The standard InChI is InChI=1S/C14H28.2C13H27N.2C13H26.C12H25N.C12H24.C11H23N.C11H22/c1-12(2,3)14(13(4,5)6)10-8-7-9-11-14;1-12(2,3)11-7-9-14(10-8-11)13(4,5)6;1-12(2,3)11-8-7-9-14(10-11)13(4,5)6;1-12(2,3)10-7-8-11(9-10)13(4,5)6;1-11(2,3)13(12(4,5)6)9-7-8-10-13;1-11(2,3)10-7-8-13(9-10)12(4,5)6;1-11(2,3)9-7-10(8-9)12(4,5)6;1-10(2,3)9-7-12(8-9)11(4,5)6;1-9(2,3)11(7-8-11)10(4,5)6/h7-11H2,1-6H3;2*11H,7-10H2,1-6H3;10-11H,7-9H2,1-6H3;7-10H2,1-6H3;10H,7-9H2,1-6H3;9-10H,7-8H2,1-6H3;9H,7-8H2,1-6H3;7-8H2,1-6H3. The Bertz CT molecular complexity index is 2460. The largest absolute Gasteiger partial charge is 0.298 e. The molecule has 116 heavy (non-hydrogen) atoms. The van der Waals surface area contributed by atoms with Crippen LogP contribution in [0.15, 0.2) is 0 Å². The van der Waals surface area contributed by atoms with E-state index in [2.05, 4.69) is 393 Å². The summed E-state index contributed by atoms with van der Waals surface area (Å²) in [7, 11) is 0. The monoisotopic (exact) mass is 1630 g/mol. The van der Waals surface area contributed by atoms with E-state index >= 15 is 0 Å². The van der Waals surface area contributed by atoms with Gasteiger partial charge in [-0.2, -0.15) is 0 Å². The van der Waals surface area contributed by atoms with E-state index < -0.39 is 0 Å². The normalized spacial score (nSPS) is 25.7. The number of hydrogen-bond donors (Lipinski definition) is 0. The molecule has 696 valence electrons. The lowest BCUT2D eigenvalue weighted by Gasteiger charge is -2.56. The van der Waals surface area contributed by atoms with Crippen molar-refractivity contribution in [2.75, 3.05) is 52.4 Å². The molecule has 4 nitrogen and oxygen atoms in total. The van der Waals surface area contributed by atoms with Crippen molar-refractivity contribution < 1.29 is 0 Å². The Kier molecular flexibility index (Phi) is 40.1. The van der Waals surface area contributed by atoms with Crippen LogP contribution in [-0.2, 0) is 0 Å². The average Bonchev–Trinajstić information content (AvgIpc) is 1.55. The topological polar surface area (TPSA) is 13.0 Å². The van der Waals surface area contributed by atoms with Crippen molar-refractivity contribution in [3.05, 3.63) is 0 Å². The summed E-state index contributed by atoms with van der Waals surface area (Å²) in [6, 6.07) is 0. The van der Waals surface area contributed by atoms with E-state index in [1.165, 1.54) is 187 Å². The third kappa shape index (κ3) is 34.9. The van der Waals surface area contributed by atoms with Crippen molar-refractivity contribution in [1.29, 1.82) is 0 Å². The van der Waals surface area contributed by atoms with Crippen LogP contribution in [0.3, 0.4) is 0 Å². The Hall–Kier alpha value is -0.160. The van der Waals surface area contributed by atoms with Crippen molar-refractivity contribution in [2.24, 2.45) is 139 Å². The number of hydrogen-bond acceptors (Lipinski definition) is 4. The molecule has 4 unspecified atom stereocenters. The highest BCUT2D eigenvalue weighted by molar-refractivity contribution is 5.09. The number of nitrogens with zero attached hydrogens (tertiary/aromatic N) is 4. The molecule has 0 radical (unpaired) electrons. The number of likely N-dealkylation sites (tertiary alicyclic amines) is 4. The van der Waals surface area contributed by atoms with Crippen LogP contribution in [-0.4, -0.2) is 94.1 Å². The molecule has 9 fully saturated rings. The second kappa shape index (κ2) is 40.9. The fourth-order valence-corrected chi connectivity index (χ4v) is 23.1. The van der Waals surface area contributed by atoms with Crippen LogP contribution in [0.25, 0.3) is 0 Å². The number of rotatable bonds is 0. The maximum Gasteiger partial charge on any atom is 0.0125 e. The summed E-state index contributed by atoms with van der Waals surface area (Å²) in [6.45, 7) is 138. The highest BCUT2D eigenvalue weighted by atomic mass is 15.2. The van der Waals surface area contributed by atoms with Crippen LogP contribution in [0.5, 0.6) is 0 Å². The minimum absolute atomic E-state index is 0.351. The first-order chi connectivity index (χ1) is 50.9. The summed E-state index contributed by atoms with van der Waals surface area (Å²) in [5.41, 5.74) is 10.1. The molecule has 0 aromatic carbocycles. The second-order valence-electron chi connectivity index (χ2n) is 59.8. The Morgan fingerprint density at radius 1 is 0.164 bits per heavy atom. The van der Waals surface area contributed by atoms with Gasteiger partial charge in [0, 0.05) is 48.3 Å². The summed E-state index contributed by atoms with van der Waals surface area (Å²) in [5, 5.41) is 0. The molecule has 5 aliphatic carbocycles. The molecule has 0 aromatic heterocycles. The van der Waals surface area contributed by atoms with Crippen LogP contribution in [0.4, 0.5) is 0 Å². The molecule has 0 aromatic rings. The highest BCUT2D eigenvalue weighted by Gasteiger charge is 2.59. The minimum atomic E-state index is 0.351. The van der Waals surface area contributed by atoms with Gasteiger partial charge in [0.15, 0.2) is 0 Å². The molecule has 0 N–H and O–H groups in total. The fourth-order valence-electron chi connectivity index (χ4n) is 23.1. The SMILES string of the molecule is CC(C)(C)C1(C(C)(C)C)CC1.CC(C)(C)C1(C(C)(C)C)CCCC1.CC(C)(C)C1(C(C)(C)C)CCCCC1.CC(C)(C)C1CC(C(C)(C)C)C1.CC(C)(C)C1CCC(C(C)(C)C)C1.CC(C)(C)C1CCCN(C(C)(C)C)C1.CC(C)(C)C1CCN(C(C)(C)C)C1.CC(C)(C)C1CCN(C(C)(C)C)CC1.CC(C)(C)C1CN(C(C)(C)C)C1. The Morgan fingerprint density at radius 2 is 0.371 bits per heavy atom. The van der Waals surface area contributed by atoms with Gasteiger partial charge < -0.3 is 0 Å². The molecule has 4 heteroatoms. The lowest BCUT2D eigenvalue weighted by atomic mass is 9.49. The van der Waals surface area contributed by atoms with Crippen molar-refractivity contribution in [2.45, 2.75) is 531 Å². The molecule has 9 aliphatic rings. The Morgan fingerprint density at radius 3 is 0.569 bits per heavy atom. The van der Waals surface area contributed by atoms with Crippen molar-refractivity contribution in [1.82, 2.24) is 19.6 Å². The molecule has 0 spiro atoms. The quantitative estimate of drug-likeness (QED) is 0.240. The van der Waals surface area contributed by atoms with Crippen molar-refractivity contribution >= 4 is 0 Å². The van der Waals surface area contributed by atoms with Gasteiger partial charge in [-0.15, -0.1) is 0 Å². The van der Waals surface area contributed by atoms with Gasteiger partial charge in [0.1, 0.15) is 0 Å². The maximum absolute atomic E-state index is 2.65. The van der Waals surface area contributed by atoms with Gasteiger partial charge in [0.2, 0.25) is 0 Å². The van der Waals surface area contributed by atoms with E-state index in [4.69, 9.17) is 0 Å². The first-order valence-corrected chi connectivity index (χ1v) is 49.9. The van der Waals surface area contributed by atoms with Gasteiger partial charge in [-0.1, -0.05) is 323 Å². The molecular formula is C112H228N4. The summed E-state index contributed by atoms with van der Waals surface area (Å²) < 4.78 is 0. The lowest BCUT2D eigenvalue weighted by Crippen LogP contribution is -2.59. The Balaban J connectivity index is 0.000000653. The first kappa shape index (κ1) is 114. The zero-order valence-electron chi connectivity index (χ0n) is 91.4. The van der Waals surface area contributed by atoms with E-state index in [1.54, 1.807) is 0 Å². The highest BCUT2D eigenvalue weighted by Crippen LogP contribution is 2.68. The predicted octanol–water partition coefficient (Wildman–Crippen LogP) is 35.1. The smallest absolute Gasteiger partial charge is 0.0125 e. The molecule has 5 saturated carbocycles. The van der Waals surface area contributed by atoms with E-state index in [9.17, 15) is 0 Å². The van der Waals surface area contributed by atoms with Gasteiger partial charge in [-0.25, -0.2) is 0 Å². The van der Waals surface area contributed by atoms with Gasteiger partial charge in [0.25, 0.3) is 0 Å². The van der Waals surface area contributed by atoms with Crippen molar-refractivity contribution in [3.8, 4) is 0 Å². The molecule has 4 saturated heterocycles. The van der Waals surface area contributed by atoms with E-state index in [0.29, 0.717) is 114 Å². The van der Waals surface area contributed by atoms with E-state index in [1.807, 2.05) is 0 Å². The molecule has 4 heterocycles. The maximum atomic E-state index is 2.65. The van der Waals surface area contributed by atoms with E-state index in [-0.39, 0.29) is 0 Å². The van der Waals surface area contributed by atoms with Crippen LogP contribution >= 0.6 is 0 Å². The summed E-state index contributed by atoms with van der Waals surface area (Å²) in [4.78, 5) is 10.4. The molecule has 4 aliphatic heterocycles. The summed E-state index contributed by atoms with van der Waals surface area (Å²) >= 11 is 0. The Labute approximate surface area is 737 Å². The van der Waals surface area contributed by atoms with Crippen LogP contribution in [0, 0.1) is 139 Å². The zero-order chi connectivity index (χ0) is 91.9. The first-order valence-electron chi connectivity index (χ1n) is 49.9. The molecule has 0 amide bonds. The lowest BCUT2D eigenvalue weighted by molar-refractivity contribution is -0.0638. The average molecular weight is 1630 g/mol. The van der Waals surface area contributed by atoms with Crippen molar-refractivity contribution in [3.63, 3.8) is 0 Å². The minimum Gasteiger partial charge on any atom is -0.298 e. The van der Waals surface area contributed by atoms with Gasteiger partial charge in [0.05, 0.1) is 0 Å². The molecule has 9 rings (SSSR count). The van der Waals surface area contributed by atoms with Crippen LogP contribution in [0.1, 0.15) is 509 Å². The van der Waals surface area contributed by atoms with E-state index in [0.717, 1.165) is 47.3 Å². The predicted molar refractivity (Wildman–Crippen MR) is 530 cm³/mol. The third-order valence-corrected chi connectivity index (χ3v) is 33.7. The third-order valence-electron chi connectivity index (χ3n) is 33.7. The van der Waals surface area contributed by atoms with Crippen LogP contribution < -0.4 is 0 Å². The molecule has 0 bridgehead atoms. The van der Waals surface area contributed by atoms with Gasteiger partial charge in [-0.05, 0) is 351 Å². The molecular weight excluding hydrogens is 1400 g/mol. The fraction of sp³-hybridized carbons (Fsp3) is 1.00. The van der Waals surface area contributed by atoms with Gasteiger partial charge >= 0.3 is 0 Å². The van der Waals surface area contributed by atoms with Crippen LogP contribution in [0.2, 0.25) is 0 Å².